The van der Waals surface area contributed by atoms with Crippen LogP contribution in [0.4, 0.5) is 8.78 Å². The molecule has 0 amide bonds. The van der Waals surface area contributed by atoms with Crippen molar-refractivity contribution in [2.75, 3.05) is 0 Å². The maximum Gasteiger partial charge on any atom is 0.387 e. The first-order valence-corrected chi connectivity index (χ1v) is 6.68. The van der Waals surface area contributed by atoms with E-state index in [-0.39, 0.29) is 10.5 Å². The van der Waals surface area contributed by atoms with E-state index >= 15 is 0 Å². The summed E-state index contributed by atoms with van der Waals surface area (Å²) in [5.74, 6) is -0.441. The highest BCUT2D eigenvalue weighted by molar-refractivity contribution is 8.13. The van der Waals surface area contributed by atoms with Gasteiger partial charge in [0, 0.05) is 21.6 Å². The number of thiol groups is 1. The molecule has 0 aliphatic heterocycles. The number of hydrogen-bond donors (Lipinski definition) is 1. The number of ether oxygens (including phenoxy) is 1. The van der Waals surface area contributed by atoms with Crippen molar-refractivity contribution in [1.29, 1.82) is 5.26 Å². The first-order chi connectivity index (χ1) is 7.75. The van der Waals surface area contributed by atoms with Gasteiger partial charge in [-0.1, -0.05) is 0 Å². The quantitative estimate of drug-likeness (QED) is 0.687. The summed E-state index contributed by atoms with van der Waals surface area (Å²) in [5, 5.41) is 8.72. The predicted molar refractivity (Wildman–Crippen MR) is 58.1 cm³/mol. The lowest BCUT2D eigenvalue weighted by atomic mass is 10.2. The minimum atomic E-state index is -4.25. The highest BCUT2D eigenvalue weighted by Gasteiger charge is 2.20. The van der Waals surface area contributed by atoms with Gasteiger partial charge in [0.25, 0.3) is 9.05 Å². The number of nitriles is 1. The lowest BCUT2D eigenvalue weighted by Gasteiger charge is -2.08. The molecule has 1 rings (SSSR count). The van der Waals surface area contributed by atoms with Crippen LogP contribution in [0.15, 0.2) is 21.9 Å². The van der Waals surface area contributed by atoms with E-state index in [0.717, 1.165) is 12.1 Å². The molecule has 0 fully saturated rings. The fourth-order valence-corrected chi connectivity index (χ4v) is 2.45. The molecule has 4 nitrogen and oxygen atoms in total. The molecular weight excluding hydrogens is 296 g/mol. The summed E-state index contributed by atoms with van der Waals surface area (Å²) in [4.78, 5) is -0.741. The van der Waals surface area contributed by atoms with Crippen molar-refractivity contribution in [2.24, 2.45) is 0 Å². The standard InChI is InChI=1S/C8H4ClF2NO3S2/c9-17(13,14)7-2-4(15-8(10)11)1-6(16)5(7)3-12/h1-2,8,16H. The minimum Gasteiger partial charge on any atom is -0.435 e. The first-order valence-electron chi connectivity index (χ1n) is 3.92. The number of benzene rings is 1. The van der Waals surface area contributed by atoms with Crippen LogP contribution in [-0.2, 0) is 9.05 Å². The Morgan fingerprint density at radius 2 is 2.06 bits per heavy atom. The molecule has 0 atom stereocenters. The zero-order valence-corrected chi connectivity index (χ0v) is 10.4. The molecule has 0 aliphatic rings. The van der Waals surface area contributed by atoms with Gasteiger partial charge in [-0.2, -0.15) is 14.0 Å². The molecule has 0 bridgehead atoms. The molecule has 0 radical (unpaired) electrons. The molecule has 1 aromatic carbocycles. The highest BCUT2D eigenvalue weighted by Crippen LogP contribution is 2.30. The summed E-state index contributed by atoms with van der Waals surface area (Å²) in [5.41, 5.74) is -0.329. The van der Waals surface area contributed by atoms with E-state index in [2.05, 4.69) is 17.4 Å². The third-order valence-electron chi connectivity index (χ3n) is 1.65. The maximum atomic E-state index is 12.0. The Hall–Kier alpha value is -1.04. The lowest BCUT2D eigenvalue weighted by Crippen LogP contribution is -2.04. The Bertz CT molecular complexity index is 583. The molecule has 0 saturated heterocycles. The van der Waals surface area contributed by atoms with E-state index in [1.807, 2.05) is 0 Å². The Morgan fingerprint density at radius 1 is 1.47 bits per heavy atom. The van der Waals surface area contributed by atoms with Crippen LogP contribution >= 0.6 is 23.3 Å². The summed E-state index contributed by atoms with van der Waals surface area (Å²) in [6.45, 7) is -3.12. The Balaban J connectivity index is 3.46. The van der Waals surface area contributed by atoms with Gasteiger partial charge >= 0.3 is 6.61 Å². The van der Waals surface area contributed by atoms with E-state index in [1.165, 1.54) is 0 Å². The monoisotopic (exact) mass is 299 g/mol. The van der Waals surface area contributed by atoms with Crippen LogP contribution in [0.25, 0.3) is 0 Å². The largest absolute Gasteiger partial charge is 0.435 e. The third-order valence-corrected chi connectivity index (χ3v) is 3.35. The molecule has 1 aromatic rings. The number of nitrogens with zero attached hydrogens (tertiary/aromatic N) is 1. The van der Waals surface area contributed by atoms with Gasteiger partial charge in [0.2, 0.25) is 0 Å². The van der Waals surface area contributed by atoms with Crippen LogP contribution < -0.4 is 4.74 Å². The molecule has 92 valence electrons. The predicted octanol–water partition coefficient (Wildman–Crippen LogP) is 2.38. The second kappa shape index (κ2) is 5.08. The van der Waals surface area contributed by atoms with Crippen molar-refractivity contribution in [3.05, 3.63) is 17.7 Å². The van der Waals surface area contributed by atoms with Gasteiger partial charge in [0.15, 0.2) is 0 Å². The Kier molecular flexibility index (Phi) is 4.19. The maximum absolute atomic E-state index is 12.0. The summed E-state index contributed by atoms with van der Waals surface area (Å²) >= 11 is 3.80. The number of halogens is 3. The van der Waals surface area contributed by atoms with E-state index in [9.17, 15) is 17.2 Å². The minimum absolute atomic E-state index is 0.120. The summed E-state index contributed by atoms with van der Waals surface area (Å²) in [7, 11) is 0.817. The Labute approximate surface area is 106 Å². The molecule has 0 saturated carbocycles. The first kappa shape index (κ1) is 14.0. The van der Waals surface area contributed by atoms with Crippen molar-refractivity contribution >= 4 is 32.4 Å². The van der Waals surface area contributed by atoms with Crippen molar-refractivity contribution in [2.45, 2.75) is 16.4 Å². The Morgan fingerprint density at radius 3 is 2.47 bits per heavy atom. The zero-order valence-electron chi connectivity index (χ0n) is 7.89. The fraction of sp³-hybridized carbons (Fsp3) is 0.125. The topological polar surface area (TPSA) is 67.2 Å². The summed E-state index contributed by atoms with van der Waals surface area (Å²) in [6, 6.07) is 3.31. The van der Waals surface area contributed by atoms with Crippen molar-refractivity contribution < 1.29 is 21.9 Å². The second-order valence-corrected chi connectivity index (χ2v) is 5.76. The van der Waals surface area contributed by atoms with Gasteiger partial charge in [-0.25, -0.2) is 8.42 Å². The van der Waals surface area contributed by atoms with E-state index < -0.39 is 26.3 Å². The fourth-order valence-electron chi connectivity index (χ4n) is 1.05. The van der Waals surface area contributed by atoms with Gasteiger partial charge in [0.05, 0.1) is 5.56 Å². The van der Waals surface area contributed by atoms with Gasteiger partial charge in [0.1, 0.15) is 16.7 Å². The van der Waals surface area contributed by atoms with Crippen LogP contribution in [0.3, 0.4) is 0 Å². The van der Waals surface area contributed by atoms with Gasteiger partial charge in [-0.3, -0.25) is 0 Å². The normalized spacial score (nSPS) is 11.3. The van der Waals surface area contributed by atoms with Crippen molar-refractivity contribution in [3.63, 3.8) is 0 Å². The van der Waals surface area contributed by atoms with Crippen molar-refractivity contribution in [3.8, 4) is 11.8 Å². The summed E-state index contributed by atoms with van der Waals surface area (Å²) in [6.07, 6.45) is 0. The highest BCUT2D eigenvalue weighted by atomic mass is 35.7. The molecule has 0 aliphatic carbocycles. The average Bonchev–Trinajstić information content (AvgIpc) is 2.14. The number of rotatable bonds is 3. The summed E-state index contributed by atoms with van der Waals surface area (Å²) < 4.78 is 50.2. The third kappa shape index (κ3) is 3.46. The van der Waals surface area contributed by atoms with Crippen LogP contribution in [0.1, 0.15) is 5.56 Å². The smallest absolute Gasteiger partial charge is 0.387 e. The molecule has 17 heavy (non-hydrogen) atoms. The molecule has 0 spiro atoms. The van der Waals surface area contributed by atoms with Gasteiger partial charge in [-0.05, 0) is 6.07 Å². The van der Waals surface area contributed by atoms with Gasteiger partial charge in [-0.15, -0.1) is 12.6 Å². The zero-order chi connectivity index (χ0) is 13.2. The van der Waals surface area contributed by atoms with Crippen molar-refractivity contribution in [1.82, 2.24) is 0 Å². The number of alkyl halides is 2. The molecule has 0 heterocycles. The lowest BCUT2D eigenvalue weighted by molar-refractivity contribution is -0.0501. The van der Waals surface area contributed by atoms with E-state index in [0.29, 0.717) is 0 Å². The van der Waals surface area contributed by atoms with E-state index in [4.69, 9.17) is 15.9 Å². The molecule has 0 unspecified atom stereocenters. The van der Waals surface area contributed by atoms with Gasteiger partial charge < -0.3 is 4.74 Å². The van der Waals surface area contributed by atoms with Crippen LogP contribution in [0, 0.1) is 11.3 Å². The molecular formula is C8H4ClF2NO3S2. The number of hydrogen-bond acceptors (Lipinski definition) is 5. The SMILES string of the molecule is N#Cc1c(S)cc(OC(F)F)cc1S(=O)(=O)Cl. The second-order valence-electron chi connectivity index (χ2n) is 2.74. The molecule has 0 N–H and O–H groups in total. The van der Waals surface area contributed by atoms with Crippen LogP contribution in [0.2, 0.25) is 0 Å². The average molecular weight is 300 g/mol. The van der Waals surface area contributed by atoms with Crippen LogP contribution in [0.5, 0.6) is 5.75 Å². The van der Waals surface area contributed by atoms with Crippen LogP contribution in [-0.4, -0.2) is 15.0 Å². The molecule has 9 heteroatoms. The molecule has 0 aromatic heterocycles. The van der Waals surface area contributed by atoms with E-state index in [1.54, 1.807) is 6.07 Å².